The Morgan fingerprint density at radius 3 is 2.43 bits per heavy atom. The van der Waals surface area contributed by atoms with Gasteiger partial charge in [-0.05, 0) is 36.6 Å². The molecule has 6 nitrogen and oxygen atoms in total. The van der Waals surface area contributed by atoms with Crippen LogP contribution in [0.15, 0.2) is 34.8 Å². The summed E-state index contributed by atoms with van der Waals surface area (Å²) in [5.74, 6) is 0.571. The number of rotatable bonds is 9. The molecule has 0 unspecified atom stereocenters. The van der Waals surface area contributed by atoms with Crippen molar-refractivity contribution < 1.29 is 24.1 Å². The molecule has 28 heavy (non-hydrogen) atoms. The van der Waals surface area contributed by atoms with Crippen LogP contribution in [0.1, 0.15) is 39.2 Å². The Bertz CT molecular complexity index is 659. The van der Waals surface area contributed by atoms with Crippen LogP contribution in [0.3, 0.4) is 0 Å². The predicted molar refractivity (Wildman–Crippen MR) is 111 cm³/mol. The van der Waals surface area contributed by atoms with Crippen LogP contribution in [-0.4, -0.2) is 48.6 Å². The fourth-order valence-corrected chi connectivity index (χ4v) is 3.76. The van der Waals surface area contributed by atoms with E-state index in [1.54, 1.807) is 7.11 Å². The van der Waals surface area contributed by atoms with Gasteiger partial charge in [0.15, 0.2) is 0 Å². The third-order valence-corrected chi connectivity index (χ3v) is 5.59. The minimum absolute atomic E-state index is 0.0651. The highest BCUT2D eigenvalue weighted by Gasteiger charge is 2.41. The number of hydrogen-bond donors (Lipinski definition) is 2. The average Bonchev–Trinajstić information content (AvgIpc) is 2.69. The van der Waals surface area contributed by atoms with Gasteiger partial charge in [0.05, 0.1) is 32.0 Å². The molecule has 0 aliphatic heterocycles. The number of amides is 1. The molecule has 4 atom stereocenters. The molecular weight excluding hydrogens is 426 g/mol. The van der Waals surface area contributed by atoms with E-state index in [1.807, 2.05) is 30.3 Å². The lowest BCUT2D eigenvalue weighted by atomic mass is 9.92. The first-order chi connectivity index (χ1) is 13.4. The van der Waals surface area contributed by atoms with Crippen LogP contribution in [0.4, 0.5) is 0 Å². The van der Waals surface area contributed by atoms with E-state index in [-0.39, 0.29) is 12.0 Å². The third-order valence-electron chi connectivity index (χ3n) is 4.86. The molecule has 0 fully saturated rings. The summed E-state index contributed by atoms with van der Waals surface area (Å²) in [5, 5.41) is 13.6. The molecule has 1 aromatic carbocycles. The van der Waals surface area contributed by atoms with Gasteiger partial charge >= 0.3 is 0 Å². The standard InChI is InChI=1S/C21H30BrNO5/c1-5-15(6-2)28-18-11-17(22)20(25)21(19(18)23-13(3)24)27-12-14-7-9-16(26-4)10-8-14/h7-11,15,18-21,25H,5-6,12H2,1-4H3,(H,23,24)/t18-,19+,20-,21+/m1/s1. The molecule has 0 saturated heterocycles. The third kappa shape index (κ3) is 6.04. The van der Waals surface area contributed by atoms with Crippen molar-refractivity contribution in [2.45, 2.75) is 70.7 Å². The van der Waals surface area contributed by atoms with Crippen LogP contribution >= 0.6 is 15.9 Å². The van der Waals surface area contributed by atoms with Gasteiger partial charge in [0.2, 0.25) is 5.91 Å². The summed E-state index contributed by atoms with van der Waals surface area (Å²) in [7, 11) is 1.62. The van der Waals surface area contributed by atoms with Crippen LogP contribution < -0.4 is 10.1 Å². The number of carbonyl (C=O) groups excluding carboxylic acids is 1. The second-order valence-corrected chi connectivity index (χ2v) is 7.80. The smallest absolute Gasteiger partial charge is 0.217 e. The summed E-state index contributed by atoms with van der Waals surface area (Å²) >= 11 is 3.43. The molecule has 1 aliphatic carbocycles. The number of halogens is 1. The summed E-state index contributed by atoms with van der Waals surface area (Å²) < 4.78 is 18.0. The molecule has 0 radical (unpaired) electrons. The number of methoxy groups -OCH3 is 1. The fraction of sp³-hybridized carbons (Fsp3) is 0.571. The van der Waals surface area contributed by atoms with Gasteiger partial charge in [0.1, 0.15) is 18.0 Å². The zero-order valence-corrected chi connectivity index (χ0v) is 18.4. The summed E-state index contributed by atoms with van der Waals surface area (Å²) in [6, 6.07) is 7.04. The summed E-state index contributed by atoms with van der Waals surface area (Å²) in [4.78, 5) is 11.8. The maximum Gasteiger partial charge on any atom is 0.217 e. The van der Waals surface area contributed by atoms with Crippen LogP contribution in [0, 0.1) is 0 Å². The summed E-state index contributed by atoms with van der Waals surface area (Å²) in [6.07, 6.45) is 1.68. The van der Waals surface area contributed by atoms with Gasteiger partial charge in [0, 0.05) is 11.4 Å². The zero-order valence-electron chi connectivity index (χ0n) is 16.9. The maximum atomic E-state index is 11.8. The molecule has 1 aromatic rings. The Kier molecular flexibility index (Phi) is 8.95. The van der Waals surface area contributed by atoms with Crippen LogP contribution in [0.5, 0.6) is 5.75 Å². The molecule has 156 valence electrons. The topological polar surface area (TPSA) is 77.0 Å². The molecule has 1 aliphatic rings. The molecule has 7 heteroatoms. The molecule has 2 rings (SSSR count). The first kappa shape index (κ1) is 22.9. The van der Waals surface area contributed by atoms with Crippen LogP contribution in [0.25, 0.3) is 0 Å². The maximum absolute atomic E-state index is 11.8. The second kappa shape index (κ2) is 11.0. The minimum Gasteiger partial charge on any atom is -0.497 e. The number of carbonyl (C=O) groups is 1. The molecule has 0 aromatic heterocycles. The van der Waals surface area contributed by atoms with E-state index in [0.29, 0.717) is 11.1 Å². The molecular formula is C21H30BrNO5. The largest absolute Gasteiger partial charge is 0.497 e. The van der Waals surface area contributed by atoms with Crippen LogP contribution in [-0.2, 0) is 20.9 Å². The van der Waals surface area contributed by atoms with Crippen molar-refractivity contribution in [3.63, 3.8) is 0 Å². The molecule has 0 heterocycles. The lowest BCUT2D eigenvalue weighted by Crippen LogP contribution is -2.58. The SMILES string of the molecule is CCC(CC)O[C@@H]1C=C(Br)[C@@H](O)[C@@H](OCc2ccc(OC)cc2)[C@H]1NC(C)=O. The first-order valence-corrected chi connectivity index (χ1v) is 10.4. The predicted octanol–water partition coefficient (Wildman–Crippen LogP) is 3.31. The zero-order chi connectivity index (χ0) is 20.7. The van der Waals surface area contributed by atoms with Gasteiger partial charge in [0.25, 0.3) is 0 Å². The number of aliphatic hydroxyl groups excluding tert-OH is 1. The highest BCUT2D eigenvalue weighted by atomic mass is 79.9. The highest BCUT2D eigenvalue weighted by Crippen LogP contribution is 2.30. The second-order valence-electron chi connectivity index (χ2n) is 6.89. The van der Waals surface area contributed by atoms with E-state index in [1.165, 1.54) is 6.92 Å². The van der Waals surface area contributed by atoms with E-state index in [2.05, 4.69) is 35.1 Å². The van der Waals surface area contributed by atoms with Crippen molar-refractivity contribution in [3.8, 4) is 5.75 Å². The molecule has 0 spiro atoms. The quantitative estimate of drug-likeness (QED) is 0.597. The van der Waals surface area contributed by atoms with Crippen molar-refractivity contribution in [2.24, 2.45) is 0 Å². The lowest BCUT2D eigenvalue weighted by Gasteiger charge is -2.40. The van der Waals surface area contributed by atoms with Gasteiger partial charge in [-0.2, -0.15) is 0 Å². The lowest BCUT2D eigenvalue weighted by molar-refractivity contribution is -0.129. The Labute approximate surface area is 175 Å². The van der Waals surface area contributed by atoms with Gasteiger partial charge in [-0.25, -0.2) is 0 Å². The van der Waals surface area contributed by atoms with Crippen molar-refractivity contribution in [2.75, 3.05) is 7.11 Å². The number of nitrogens with one attached hydrogen (secondary N) is 1. The van der Waals surface area contributed by atoms with Crippen LogP contribution in [0.2, 0.25) is 0 Å². The number of ether oxygens (including phenoxy) is 3. The van der Waals surface area contributed by atoms with Crippen molar-refractivity contribution in [3.05, 3.63) is 40.4 Å². The van der Waals surface area contributed by atoms with Crippen molar-refractivity contribution in [1.82, 2.24) is 5.32 Å². The van der Waals surface area contributed by atoms with Gasteiger partial charge < -0.3 is 24.6 Å². The Morgan fingerprint density at radius 1 is 1.25 bits per heavy atom. The molecule has 0 saturated carbocycles. The number of benzene rings is 1. The van der Waals surface area contributed by atoms with Gasteiger partial charge in [-0.15, -0.1) is 0 Å². The van der Waals surface area contributed by atoms with Gasteiger partial charge in [-0.3, -0.25) is 4.79 Å². The average molecular weight is 456 g/mol. The number of aliphatic hydroxyl groups is 1. The number of hydrogen-bond acceptors (Lipinski definition) is 5. The fourth-order valence-electron chi connectivity index (χ4n) is 3.23. The van der Waals surface area contributed by atoms with E-state index >= 15 is 0 Å². The van der Waals surface area contributed by atoms with Gasteiger partial charge in [-0.1, -0.05) is 41.9 Å². The Morgan fingerprint density at radius 2 is 1.89 bits per heavy atom. The van der Waals surface area contributed by atoms with Crippen molar-refractivity contribution in [1.29, 1.82) is 0 Å². The molecule has 2 N–H and O–H groups in total. The Balaban J connectivity index is 2.19. The monoisotopic (exact) mass is 455 g/mol. The molecule has 1 amide bonds. The highest BCUT2D eigenvalue weighted by molar-refractivity contribution is 9.11. The molecule has 0 bridgehead atoms. The summed E-state index contributed by atoms with van der Waals surface area (Å²) in [5.41, 5.74) is 0.942. The van der Waals surface area contributed by atoms with Crippen molar-refractivity contribution >= 4 is 21.8 Å². The Hall–Kier alpha value is -1.41. The van der Waals surface area contributed by atoms with E-state index in [9.17, 15) is 9.90 Å². The summed E-state index contributed by atoms with van der Waals surface area (Å²) in [6.45, 7) is 5.87. The van der Waals surface area contributed by atoms with E-state index in [0.717, 1.165) is 24.2 Å². The normalized spacial score (nSPS) is 24.8. The van der Waals surface area contributed by atoms with E-state index < -0.39 is 24.4 Å². The minimum atomic E-state index is -0.892. The van der Waals surface area contributed by atoms with E-state index in [4.69, 9.17) is 14.2 Å². The first-order valence-electron chi connectivity index (χ1n) is 9.61.